The molecule has 30 heavy (non-hydrogen) atoms. The van der Waals surface area contributed by atoms with E-state index in [-0.39, 0.29) is 11.9 Å². The van der Waals surface area contributed by atoms with Crippen molar-refractivity contribution in [3.63, 3.8) is 0 Å². The third-order valence-corrected chi connectivity index (χ3v) is 5.09. The van der Waals surface area contributed by atoms with Crippen LogP contribution in [0.1, 0.15) is 19.8 Å². The molecule has 0 saturated carbocycles. The van der Waals surface area contributed by atoms with Crippen molar-refractivity contribution in [2.45, 2.75) is 38.0 Å². The number of aromatic nitrogens is 2. The van der Waals surface area contributed by atoms with E-state index < -0.39 is 18.0 Å². The summed E-state index contributed by atoms with van der Waals surface area (Å²) in [5.74, 6) is -2.01. The highest BCUT2D eigenvalue weighted by atomic mass is 19.4. The fraction of sp³-hybridized carbons (Fsp3) is 0.667. The van der Waals surface area contributed by atoms with Crippen LogP contribution in [0.5, 0.6) is 0 Å². The molecule has 0 radical (unpaired) electrons. The minimum atomic E-state index is -5.08. The fourth-order valence-corrected chi connectivity index (χ4v) is 4.08. The third kappa shape index (κ3) is 6.00. The van der Waals surface area contributed by atoms with E-state index in [1.807, 2.05) is 14.1 Å². The molecule has 8 nitrogen and oxygen atoms in total. The van der Waals surface area contributed by atoms with E-state index in [2.05, 4.69) is 24.7 Å². The second-order valence-electron chi connectivity index (χ2n) is 7.64. The van der Waals surface area contributed by atoms with E-state index in [0.29, 0.717) is 17.9 Å². The first-order valence-corrected chi connectivity index (χ1v) is 9.36. The van der Waals surface area contributed by atoms with Crippen molar-refractivity contribution in [1.82, 2.24) is 19.8 Å². The minimum Gasteiger partial charge on any atom is -0.475 e. The Morgan fingerprint density at radius 1 is 1.27 bits per heavy atom. The molecule has 0 bridgehead atoms. The highest BCUT2D eigenvalue weighted by molar-refractivity contribution is 5.74. The maximum atomic E-state index is 13.0. The van der Waals surface area contributed by atoms with E-state index in [1.54, 1.807) is 6.92 Å². The lowest BCUT2D eigenvalue weighted by molar-refractivity contribution is -0.192. The van der Waals surface area contributed by atoms with Gasteiger partial charge in [-0.3, -0.25) is 4.79 Å². The van der Waals surface area contributed by atoms with Crippen LogP contribution in [0.2, 0.25) is 0 Å². The molecule has 2 aliphatic heterocycles. The molecule has 168 valence electrons. The summed E-state index contributed by atoms with van der Waals surface area (Å²) in [7, 11) is 4.08. The summed E-state index contributed by atoms with van der Waals surface area (Å²) in [6.07, 6.45) is -0.755. The van der Waals surface area contributed by atoms with Crippen LogP contribution in [0.25, 0.3) is 0 Å². The number of rotatable bonds is 3. The highest BCUT2D eigenvalue weighted by Crippen LogP contribution is 2.36. The average molecular weight is 435 g/mol. The topological polar surface area (TPSA) is 89.9 Å². The van der Waals surface area contributed by atoms with E-state index in [9.17, 15) is 22.4 Å². The first kappa shape index (κ1) is 23.8. The minimum absolute atomic E-state index is 0.163. The van der Waals surface area contributed by atoms with Gasteiger partial charge in [-0.2, -0.15) is 13.2 Å². The Balaban J connectivity index is 0.000000396. The lowest BCUT2D eigenvalue weighted by Crippen LogP contribution is -2.50. The normalized spacial score (nSPS) is 23.7. The van der Waals surface area contributed by atoms with Gasteiger partial charge < -0.3 is 19.8 Å². The molecule has 12 heteroatoms. The molecular weight excluding hydrogens is 410 g/mol. The monoisotopic (exact) mass is 435 g/mol. The zero-order chi connectivity index (χ0) is 22.6. The van der Waals surface area contributed by atoms with Gasteiger partial charge in [0.25, 0.3) is 0 Å². The van der Waals surface area contributed by atoms with Gasteiger partial charge in [-0.1, -0.05) is 0 Å². The molecule has 3 atom stereocenters. The summed E-state index contributed by atoms with van der Waals surface area (Å²) in [4.78, 5) is 35.5. The summed E-state index contributed by atoms with van der Waals surface area (Å²) >= 11 is 0. The molecule has 1 amide bonds. The van der Waals surface area contributed by atoms with Crippen molar-refractivity contribution in [3.05, 3.63) is 18.2 Å². The van der Waals surface area contributed by atoms with Crippen molar-refractivity contribution in [3.8, 4) is 0 Å². The van der Waals surface area contributed by atoms with Gasteiger partial charge in [0.1, 0.15) is 0 Å². The maximum Gasteiger partial charge on any atom is 0.490 e. The molecule has 0 aliphatic carbocycles. The Labute approximate surface area is 171 Å². The number of hydrogen-bond donors (Lipinski definition) is 1. The van der Waals surface area contributed by atoms with Gasteiger partial charge in [0.2, 0.25) is 11.9 Å². The number of halogens is 4. The second-order valence-corrected chi connectivity index (χ2v) is 7.64. The molecule has 3 heterocycles. The van der Waals surface area contributed by atoms with Crippen molar-refractivity contribution in [2.24, 2.45) is 5.92 Å². The average Bonchev–Trinajstić information content (AvgIpc) is 2.98. The van der Waals surface area contributed by atoms with Gasteiger partial charge in [-0.15, -0.1) is 0 Å². The number of anilines is 1. The van der Waals surface area contributed by atoms with Gasteiger partial charge in [-0.25, -0.2) is 19.2 Å². The van der Waals surface area contributed by atoms with E-state index in [4.69, 9.17) is 9.90 Å². The molecule has 3 rings (SSSR count). The molecule has 1 aromatic heterocycles. The molecule has 0 aromatic carbocycles. The van der Waals surface area contributed by atoms with E-state index in [0.717, 1.165) is 32.5 Å². The summed E-state index contributed by atoms with van der Waals surface area (Å²) in [5, 5.41) is 7.12. The first-order valence-electron chi connectivity index (χ1n) is 9.36. The molecule has 2 fully saturated rings. The van der Waals surface area contributed by atoms with Crippen LogP contribution in [0, 0.1) is 11.7 Å². The summed E-state index contributed by atoms with van der Waals surface area (Å²) in [5.41, 5.74) is 0. The Morgan fingerprint density at radius 3 is 2.30 bits per heavy atom. The molecule has 2 aliphatic rings. The Kier molecular flexibility index (Phi) is 7.56. The number of nitrogens with zero attached hydrogens (tertiary/aromatic N) is 5. The summed E-state index contributed by atoms with van der Waals surface area (Å²) < 4.78 is 44.7. The third-order valence-electron chi connectivity index (χ3n) is 5.09. The SMILES string of the molecule is CC(=O)N1[C@H](CN(C)C)C[C@@H]2CN(c3ncc(F)cn3)CC[C@@H]21.O=C(O)C(F)(F)F. The van der Waals surface area contributed by atoms with Crippen LogP contribution in [-0.4, -0.2) is 88.7 Å². The van der Waals surface area contributed by atoms with Gasteiger partial charge in [-0.05, 0) is 32.9 Å². The van der Waals surface area contributed by atoms with Crippen molar-refractivity contribution in [2.75, 3.05) is 38.6 Å². The van der Waals surface area contributed by atoms with Crippen molar-refractivity contribution < 1.29 is 32.3 Å². The maximum absolute atomic E-state index is 13.0. The largest absolute Gasteiger partial charge is 0.490 e. The predicted molar refractivity (Wildman–Crippen MR) is 99.3 cm³/mol. The second kappa shape index (κ2) is 9.54. The zero-order valence-corrected chi connectivity index (χ0v) is 16.9. The number of amides is 1. The number of hydrogen-bond acceptors (Lipinski definition) is 6. The van der Waals surface area contributed by atoms with Crippen molar-refractivity contribution >= 4 is 17.8 Å². The first-order chi connectivity index (χ1) is 13.9. The van der Waals surface area contributed by atoms with Crippen LogP contribution in [0.4, 0.5) is 23.5 Å². The summed E-state index contributed by atoms with van der Waals surface area (Å²) in [6.45, 7) is 4.18. The number of fused-ring (bicyclic) bond motifs is 1. The molecular formula is C18H25F4N5O3. The fourth-order valence-electron chi connectivity index (χ4n) is 4.08. The van der Waals surface area contributed by atoms with Gasteiger partial charge in [0.05, 0.1) is 12.4 Å². The number of carboxylic acid groups (broad SMARTS) is 1. The molecule has 2 saturated heterocycles. The van der Waals surface area contributed by atoms with E-state index >= 15 is 0 Å². The smallest absolute Gasteiger partial charge is 0.475 e. The van der Waals surface area contributed by atoms with Crippen LogP contribution in [0.3, 0.4) is 0 Å². The number of likely N-dealkylation sites (tertiary alicyclic amines) is 1. The Morgan fingerprint density at radius 2 is 1.83 bits per heavy atom. The lowest BCUT2D eigenvalue weighted by atomic mass is 9.92. The van der Waals surface area contributed by atoms with E-state index in [1.165, 1.54) is 12.4 Å². The van der Waals surface area contributed by atoms with Gasteiger partial charge in [0.15, 0.2) is 5.82 Å². The summed E-state index contributed by atoms with van der Waals surface area (Å²) in [6, 6.07) is 0.570. The quantitative estimate of drug-likeness (QED) is 0.722. The van der Waals surface area contributed by atoms with Crippen LogP contribution in [-0.2, 0) is 9.59 Å². The molecule has 1 aromatic rings. The van der Waals surface area contributed by atoms with Gasteiger partial charge in [0, 0.05) is 38.6 Å². The molecule has 0 spiro atoms. The number of likely N-dealkylation sites (N-methyl/N-ethyl adjacent to an activating group) is 1. The number of carboxylic acids is 1. The molecule has 0 unspecified atom stereocenters. The number of piperidine rings is 1. The Bertz CT molecular complexity index is 744. The Hall–Kier alpha value is -2.50. The predicted octanol–water partition coefficient (Wildman–Crippen LogP) is 1.63. The lowest BCUT2D eigenvalue weighted by Gasteiger charge is -2.38. The molecule has 1 N–H and O–H groups in total. The number of carbonyl (C=O) groups is 2. The zero-order valence-electron chi connectivity index (χ0n) is 16.9. The van der Waals surface area contributed by atoms with Crippen LogP contribution >= 0.6 is 0 Å². The van der Waals surface area contributed by atoms with Crippen molar-refractivity contribution in [1.29, 1.82) is 0 Å². The van der Waals surface area contributed by atoms with Crippen LogP contribution < -0.4 is 4.90 Å². The number of aliphatic carboxylic acids is 1. The van der Waals surface area contributed by atoms with Crippen LogP contribution in [0.15, 0.2) is 12.4 Å². The van der Waals surface area contributed by atoms with Gasteiger partial charge >= 0.3 is 12.1 Å². The number of alkyl halides is 3. The highest BCUT2D eigenvalue weighted by Gasteiger charge is 2.45. The number of carbonyl (C=O) groups excluding carboxylic acids is 1. The standard InChI is InChI=1S/C16H24FN5O.C2HF3O2/c1-11(23)22-14(10-20(2)3)6-12-9-21(5-4-15(12)22)16-18-7-13(17)8-19-16;3-2(4,5)1(6)7/h7-8,12,14-15H,4-6,9-10H2,1-3H3;(H,6,7)/t12-,14+,15+;/m1./s1.